The normalized spacial score (nSPS) is 7.00. The fraction of sp³-hybridized carbons (Fsp3) is 0.300. The monoisotopic (exact) mass is 452 g/mol. The second-order valence-electron chi connectivity index (χ2n) is 2.17. The number of hydrogen-bond donors (Lipinski definition) is 3. The topological polar surface area (TPSA) is 82.1 Å². The van der Waals surface area contributed by atoms with Gasteiger partial charge in [0.1, 0.15) is 11.3 Å². The number of phenolic OH excluding ortho intramolecular Hbond substituents is 1. The minimum atomic E-state index is -0.889. The number of para-hydroxylation sites is 1. The number of ketones is 1. The van der Waals surface area contributed by atoms with Crippen LogP contribution in [0, 0.1) is 0 Å². The standard InChI is InChI=1S/C8H8O2.2CH4O.2ClH.Ta/c1-6(9)7-4-2-3-5-8(7)10;2*1-2;;;/h2-5,10H,1H3;2*2H,1H3;2*1H;/q;;;;;+2/p-1. The molecule has 0 unspecified atom stereocenters. The van der Waals surface area contributed by atoms with Crippen LogP contribution in [0.25, 0.3) is 0 Å². The molecule has 0 amide bonds. The minimum absolute atomic E-state index is 0.113. The van der Waals surface area contributed by atoms with Crippen molar-refractivity contribution < 1.29 is 37.7 Å². The quantitative estimate of drug-likeness (QED) is 0.449. The molecule has 0 heterocycles. The SMILES string of the molecule is CC(=[OH+])c1ccccc1O.CO.CO.[Cl][Ta][Cl]. The Bertz CT molecular complexity index is 285. The van der Waals surface area contributed by atoms with Crippen LogP contribution in [0.5, 0.6) is 5.75 Å². The van der Waals surface area contributed by atoms with Gasteiger partial charge in [0, 0.05) is 14.2 Å². The van der Waals surface area contributed by atoms with E-state index in [4.69, 9.17) is 38.5 Å². The fourth-order valence-electron chi connectivity index (χ4n) is 0.780. The van der Waals surface area contributed by atoms with Crippen molar-refractivity contribution in [3.8, 4) is 5.75 Å². The summed E-state index contributed by atoms with van der Waals surface area (Å²) < 4.78 is 0. The van der Waals surface area contributed by atoms with Crippen LogP contribution in [-0.2, 0) is 17.6 Å². The van der Waals surface area contributed by atoms with E-state index in [0.717, 1.165) is 14.2 Å². The van der Waals surface area contributed by atoms with Gasteiger partial charge in [-0.25, -0.2) is 0 Å². The van der Waals surface area contributed by atoms with Crippen LogP contribution in [0.3, 0.4) is 0 Å². The van der Waals surface area contributed by atoms with Crippen LogP contribution in [0.2, 0.25) is 0 Å². The molecule has 1 aromatic carbocycles. The first-order valence-electron chi connectivity index (χ1n) is 4.26. The molecule has 0 radical (unpaired) electrons. The number of hydrogen-bond acceptors (Lipinski definition) is 3. The molecule has 0 fully saturated rings. The number of benzene rings is 1. The number of halogens is 2. The van der Waals surface area contributed by atoms with Crippen molar-refractivity contribution in [3.05, 3.63) is 29.8 Å². The number of aromatic hydroxyl groups is 1. The summed E-state index contributed by atoms with van der Waals surface area (Å²) in [6, 6.07) is 6.66. The number of aliphatic hydroxyl groups excluding tert-OH is 2. The Morgan fingerprint density at radius 3 is 1.71 bits per heavy atom. The van der Waals surface area contributed by atoms with Crippen molar-refractivity contribution in [3.63, 3.8) is 0 Å². The molecule has 0 saturated heterocycles. The molecule has 0 aliphatic carbocycles. The average molecular weight is 453 g/mol. The van der Waals surface area contributed by atoms with Crippen LogP contribution >= 0.6 is 18.4 Å². The third kappa shape index (κ3) is 13.9. The number of rotatable bonds is 1. The Morgan fingerprint density at radius 2 is 1.47 bits per heavy atom. The Morgan fingerprint density at radius 1 is 1.12 bits per heavy atom. The third-order valence-electron chi connectivity index (χ3n) is 1.29. The second kappa shape index (κ2) is 18.3. The molecule has 1 rings (SSSR count). The summed E-state index contributed by atoms with van der Waals surface area (Å²) in [4.78, 5) is 8.96. The van der Waals surface area contributed by atoms with Gasteiger partial charge < -0.3 is 15.3 Å². The van der Waals surface area contributed by atoms with Gasteiger partial charge in [0.2, 0.25) is 0 Å². The first-order valence-corrected chi connectivity index (χ1v) is 12.2. The number of aliphatic hydroxyl groups is 2. The molecule has 17 heavy (non-hydrogen) atoms. The molecule has 0 spiro atoms. The molecule has 99 valence electrons. The van der Waals surface area contributed by atoms with Crippen molar-refractivity contribution in [1.82, 2.24) is 0 Å². The number of carbonyl (C=O) groups excluding carboxylic acids is 1. The fourth-order valence-corrected chi connectivity index (χ4v) is 0.780. The summed E-state index contributed by atoms with van der Waals surface area (Å²) >= 11 is -0.889. The molecule has 1 aromatic rings. The zero-order valence-corrected chi connectivity index (χ0v) is 14.5. The molecule has 0 aromatic heterocycles. The second-order valence-corrected chi connectivity index (χ2v) is 6.81. The summed E-state index contributed by atoms with van der Waals surface area (Å²) in [5, 5.41) is 23.1. The van der Waals surface area contributed by atoms with Gasteiger partial charge in [0.25, 0.3) is 0 Å². The maximum absolute atomic E-state index is 9.10. The van der Waals surface area contributed by atoms with E-state index in [9.17, 15) is 0 Å². The molecule has 0 bridgehead atoms. The Hall–Kier alpha value is -0.0697. The molecular weight excluding hydrogens is 436 g/mol. The van der Waals surface area contributed by atoms with E-state index < -0.39 is 17.6 Å². The Balaban J connectivity index is -0.000000239. The van der Waals surface area contributed by atoms with E-state index in [2.05, 4.69) is 0 Å². The van der Waals surface area contributed by atoms with Gasteiger partial charge in [-0.2, -0.15) is 0 Å². The zero-order valence-electron chi connectivity index (χ0n) is 9.80. The van der Waals surface area contributed by atoms with E-state index in [0.29, 0.717) is 5.56 Å². The van der Waals surface area contributed by atoms with Gasteiger partial charge in [-0.3, -0.25) is 4.79 Å². The molecular formula is C10H17Cl2O4Ta+. The molecule has 0 aliphatic rings. The van der Waals surface area contributed by atoms with Crippen molar-refractivity contribution in [2.24, 2.45) is 0 Å². The molecule has 0 atom stereocenters. The molecule has 4 nitrogen and oxygen atoms in total. The predicted molar refractivity (Wildman–Crippen MR) is 67.8 cm³/mol. The van der Waals surface area contributed by atoms with E-state index in [-0.39, 0.29) is 11.5 Å². The summed E-state index contributed by atoms with van der Waals surface area (Å²) in [5.74, 6) is 0.251. The van der Waals surface area contributed by atoms with E-state index in [1.165, 1.54) is 13.0 Å². The number of phenols is 1. The van der Waals surface area contributed by atoms with Crippen LogP contribution in [0.4, 0.5) is 0 Å². The van der Waals surface area contributed by atoms with Crippen LogP contribution < -0.4 is 0 Å². The molecule has 0 aliphatic heterocycles. The van der Waals surface area contributed by atoms with E-state index in [1.807, 2.05) is 0 Å². The molecule has 7 heteroatoms. The molecule has 4 N–H and O–H groups in total. The van der Waals surface area contributed by atoms with Gasteiger partial charge in [-0.15, -0.1) is 0 Å². The first-order chi connectivity index (χ1) is 8.13. The maximum atomic E-state index is 9.10. The molecule has 0 saturated carbocycles. The zero-order chi connectivity index (χ0) is 14.3. The Labute approximate surface area is 118 Å². The van der Waals surface area contributed by atoms with Crippen molar-refractivity contribution in [1.29, 1.82) is 0 Å². The van der Waals surface area contributed by atoms with Gasteiger partial charge in [0.15, 0.2) is 0 Å². The summed E-state index contributed by atoms with van der Waals surface area (Å²) in [7, 11) is 11.9. The third-order valence-corrected chi connectivity index (χ3v) is 1.29. The van der Waals surface area contributed by atoms with Gasteiger partial charge in [-0.1, -0.05) is 12.1 Å². The van der Waals surface area contributed by atoms with Crippen molar-refractivity contribution >= 4 is 24.2 Å². The average Bonchev–Trinajstić information content (AvgIpc) is 2.35. The van der Waals surface area contributed by atoms with Gasteiger partial charge in [-0.05, 0) is 12.1 Å². The van der Waals surface area contributed by atoms with E-state index >= 15 is 0 Å². The van der Waals surface area contributed by atoms with E-state index in [1.54, 1.807) is 18.2 Å². The van der Waals surface area contributed by atoms with Crippen molar-refractivity contribution in [2.75, 3.05) is 14.2 Å². The van der Waals surface area contributed by atoms with Crippen LogP contribution in [0.15, 0.2) is 24.3 Å². The van der Waals surface area contributed by atoms with Crippen LogP contribution in [-0.4, -0.2) is 40.1 Å². The predicted octanol–water partition coefficient (Wildman–Crippen LogP) is 1.90. The van der Waals surface area contributed by atoms with Gasteiger partial charge >= 0.3 is 41.8 Å². The summed E-state index contributed by atoms with van der Waals surface area (Å²) in [6.45, 7) is 1.54. The van der Waals surface area contributed by atoms with Gasteiger partial charge in [0.05, 0.1) is 6.92 Å². The van der Waals surface area contributed by atoms with Crippen LogP contribution in [0.1, 0.15) is 12.5 Å². The summed E-state index contributed by atoms with van der Waals surface area (Å²) in [5.41, 5.74) is 0.488. The Kier molecular flexibility index (Phi) is 23.8. The van der Waals surface area contributed by atoms with Crippen molar-refractivity contribution in [2.45, 2.75) is 6.92 Å². The first kappa shape index (κ1) is 22.1. The summed E-state index contributed by atoms with van der Waals surface area (Å²) in [6.07, 6.45) is 0.